The Kier molecular flexibility index (Phi) is 6.91. The summed E-state index contributed by atoms with van der Waals surface area (Å²) < 4.78 is 0. The van der Waals surface area contributed by atoms with Gasteiger partial charge in [0.2, 0.25) is 5.91 Å². The Morgan fingerprint density at radius 2 is 1.75 bits per heavy atom. The molecule has 0 bridgehead atoms. The van der Waals surface area contributed by atoms with Gasteiger partial charge in [0.05, 0.1) is 6.04 Å². The van der Waals surface area contributed by atoms with Crippen LogP contribution in [0.1, 0.15) is 44.2 Å². The molecule has 28 heavy (non-hydrogen) atoms. The number of piperazine rings is 1. The van der Waals surface area contributed by atoms with Crippen molar-refractivity contribution in [2.45, 2.75) is 46.3 Å². The number of hydrogen-bond donors (Lipinski definition) is 1. The molecule has 3 rings (SSSR count). The van der Waals surface area contributed by atoms with Gasteiger partial charge < -0.3 is 5.32 Å². The molecule has 4 nitrogen and oxygen atoms in total. The maximum Gasteiger partial charge on any atom is 0.225 e. The van der Waals surface area contributed by atoms with Gasteiger partial charge in [0.1, 0.15) is 0 Å². The van der Waals surface area contributed by atoms with E-state index in [2.05, 4.69) is 69.9 Å². The van der Waals surface area contributed by atoms with Gasteiger partial charge in [-0.05, 0) is 23.9 Å². The van der Waals surface area contributed by atoms with Crippen molar-refractivity contribution >= 4 is 17.2 Å². The van der Waals surface area contributed by atoms with Gasteiger partial charge in [0.15, 0.2) is 0 Å². The third-order valence-corrected chi connectivity index (χ3v) is 6.34. The van der Waals surface area contributed by atoms with Crippen molar-refractivity contribution in [3.05, 3.63) is 58.3 Å². The lowest BCUT2D eigenvalue weighted by atomic mass is 9.94. The monoisotopic (exact) mass is 399 g/mol. The standard InChI is InChI=1S/C23H33N3OS/c1-18(24-22(27)23(2,3)4)21(20-11-8-16-28-20)26-14-12-25(13-15-26)17-19-9-6-5-7-10-19/h5-11,16,18,21H,12-15,17H2,1-4H3,(H,24,27)/t18-,21-/m1/s1. The van der Waals surface area contributed by atoms with Crippen LogP contribution >= 0.6 is 11.3 Å². The molecule has 0 spiro atoms. The van der Waals surface area contributed by atoms with Crippen LogP contribution in [0, 0.1) is 5.41 Å². The molecule has 1 aliphatic heterocycles. The minimum absolute atomic E-state index is 0.0750. The molecule has 1 saturated heterocycles. The first-order valence-electron chi connectivity index (χ1n) is 10.2. The Balaban J connectivity index is 1.64. The van der Waals surface area contributed by atoms with E-state index in [1.165, 1.54) is 10.4 Å². The second-order valence-corrected chi connectivity index (χ2v) is 9.75. The summed E-state index contributed by atoms with van der Waals surface area (Å²) in [5, 5.41) is 5.40. The van der Waals surface area contributed by atoms with E-state index in [0.717, 1.165) is 32.7 Å². The second-order valence-electron chi connectivity index (χ2n) is 8.77. The van der Waals surface area contributed by atoms with Crippen molar-refractivity contribution < 1.29 is 4.79 Å². The lowest BCUT2D eigenvalue weighted by Crippen LogP contribution is -2.53. The fourth-order valence-corrected chi connectivity index (χ4v) is 4.71. The summed E-state index contributed by atoms with van der Waals surface area (Å²) in [6, 6.07) is 15.3. The van der Waals surface area contributed by atoms with E-state index in [-0.39, 0.29) is 23.4 Å². The summed E-state index contributed by atoms with van der Waals surface area (Å²) in [4.78, 5) is 19.0. The maximum atomic E-state index is 12.6. The van der Waals surface area contributed by atoms with Gasteiger partial charge in [-0.1, -0.05) is 57.2 Å². The van der Waals surface area contributed by atoms with Crippen molar-refractivity contribution in [2.24, 2.45) is 5.41 Å². The zero-order valence-corrected chi connectivity index (χ0v) is 18.3. The molecule has 0 saturated carbocycles. The number of hydrogen-bond acceptors (Lipinski definition) is 4. The molecule has 0 aliphatic carbocycles. The number of thiophene rings is 1. The van der Waals surface area contributed by atoms with Crippen LogP contribution < -0.4 is 5.32 Å². The zero-order chi connectivity index (χ0) is 20.1. The molecule has 2 heterocycles. The Labute approximate surface area is 173 Å². The van der Waals surface area contributed by atoms with Crippen molar-refractivity contribution in [3.63, 3.8) is 0 Å². The van der Waals surface area contributed by atoms with Crippen molar-refractivity contribution in [1.82, 2.24) is 15.1 Å². The Bertz CT molecular complexity index is 731. The van der Waals surface area contributed by atoms with Crippen molar-refractivity contribution in [2.75, 3.05) is 26.2 Å². The molecule has 152 valence electrons. The lowest BCUT2D eigenvalue weighted by Gasteiger charge is -2.41. The number of carbonyl (C=O) groups excluding carboxylic acids is 1. The van der Waals surface area contributed by atoms with Gasteiger partial charge in [-0.15, -0.1) is 11.3 Å². The number of nitrogens with one attached hydrogen (secondary N) is 1. The zero-order valence-electron chi connectivity index (χ0n) is 17.5. The first kappa shape index (κ1) is 21.0. The van der Waals surface area contributed by atoms with E-state index < -0.39 is 0 Å². The lowest BCUT2D eigenvalue weighted by molar-refractivity contribution is -0.129. The fourth-order valence-electron chi connectivity index (χ4n) is 3.75. The topological polar surface area (TPSA) is 35.6 Å². The molecule has 1 aliphatic rings. The maximum absolute atomic E-state index is 12.6. The van der Waals surface area contributed by atoms with Gasteiger partial charge in [-0.2, -0.15) is 0 Å². The Morgan fingerprint density at radius 3 is 2.32 bits per heavy atom. The summed E-state index contributed by atoms with van der Waals surface area (Å²) in [6.45, 7) is 13.2. The molecule has 1 amide bonds. The van der Waals surface area contributed by atoms with Gasteiger partial charge in [-0.3, -0.25) is 14.6 Å². The van der Waals surface area contributed by atoms with E-state index >= 15 is 0 Å². The highest BCUT2D eigenvalue weighted by Crippen LogP contribution is 2.30. The molecular formula is C23H33N3OS. The summed E-state index contributed by atoms with van der Waals surface area (Å²) in [5.74, 6) is 0.115. The third-order valence-electron chi connectivity index (χ3n) is 5.40. The first-order valence-corrected chi connectivity index (χ1v) is 11.1. The molecule has 1 aromatic heterocycles. The fraction of sp³-hybridized carbons (Fsp3) is 0.522. The van der Waals surface area contributed by atoms with Gasteiger partial charge >= 0.3 is 0 Å². The van der Waals surface area contributed by atoms with Crippen LogP contribution in [-0.4, -0.2) is 47.9 Å². The first-order chi connectivity index (χ1) is 13.3. The Hall–Kier alpha value is -1.69. The molecule has 1 fully saturated rings. The molecule has 2 atom stereocenters. The Morgan fingerprint density at radius 1 is 1.07 bits per heavy atom. The van der Waals surface area contributed by atoms with Crippen LogP contribution in [0.25, 0.3) is 0 Å². The average molecular weight is 400 g/mol. The van der Waals surface area contributed by atoms with E-state index in [9.17, 15) is 4.79 Å². The molecule has 2 aromatic rings. The molecule has 5 heteroatoms. The van der Waals surface area contributed by atoms with E-state index in [1.54, 1.807) is 11.3 Å². The van der Waals surface area contributed by atoms with E-state index in [4.69, 9.17) is 0 Å². The van der Waals surface area contributed by atoms with Gasteiger partial charge in [-0.25, -0.2) is 0 Å². The van der Waals surface area contributed by atoms with Gasteiger partial charge in [0.25, 0.3) is 0 Å². The van der Waals surface area contributed by atoms with E-state index in [0.29, 0.717) is 0 Å². The number of benzene rings is 1. The highest BCUT2D eigenvalue weighted by Gasteiger charge is 2.32. The number of carbonyl (C=O) groups is 1. The normalized spacial score (nSPS) is 18.6. The number of rotatable bonds is 6. The third kappa shape index (κ3) is 5.43. The minimum atomic E-state index is -0.372. The largest absolute Gasteiger partial charge is 0.351 e. The van der Waals surface area contributed by atoms with Crippen LogP contribution in [0.5, 0.6) is 0 Å². The predicted octanol–water partition coefficient (Wildman–Crippen LogP) is 4.16. The van der Waals surface area contributed by atoms with E-state index in [1.807, 2.05) is 20.8 Å². The summed E-state index contributed by atoms with van der Waals surface area (Å²) in [7, 11) is 0. The van der Waals surface area contributed by atoms with Crippen LogP contribution in [0.4, 0.5) is 0 Å². The highest BCUT2D eigenvalue weighted by atomic mass is 32.1. The average Bonchev–Trinajstić information content (AvgIpc) is 3.17. The highest BCUT2D eigenvalue weighted by molar-refractivity contribution is 7.10. The van der Waals surface area contributed by atoms with Crippen LogP contribution in [0.15, 0.2) is 47.8 Å². The second kappa shape index (κ2) is 9.21. The molecule has 1 aromatic carbocycles. The molecular weight excluding hydrogens is 366 g/mol. The molecule has 0 unspecified atom stereocenters. The smallest absolute Gasteiger partial charge is 0.225 e. The van der Waals surface area contributed by atoms with Crippen LogP contribution in [0.3, 0.4) is 0 Å². The summed E-state index contributed by atoms with van der Waals surface area (Å²) in [6.07, 6.45) is 0. The summed E-state index contributed by atoms with van der Waals surface area (Å²) in [5.41, 5.74) is 0.999. The quantitative estimate of drug-likeness (QED) is 0.792. The molecule has 0 radical (unpaired) electrons. The van der Waals surface area contributed by atoms with Crippen molar-refractivity contribution in [3.8, 4) is 0 Å². The minimum Gasteiger partial charge on any atom is -0.351 e. The van der Waals surface area contributed by atoms with Crippen LogP contribution in [0.2, 0.25) is 0 Å². The van der Waals surface area contributed by atoms with Gasteiger partial charge in [0, 0.05) is 49.1 Å². The predicted molar refractivity (Wildman–Crippen MR) is 117 cm³/mol. The number of nitrogens with zero attached hydrogens (tertiary/aromatic N) is 2. The number of amides is 1. The SMILES string of the molecule is C[C@@H](NC(=O)C(C)(C)C)[C@H](c1cccs1)N1CCN(Cc2ccccc2)CC1. The van der Waals surface area contributed by atoms with Crippen LogP contribution in [-0.2, 0) is 11.3 Å². The molecule has 1 N–H and O–H groups in total. The summed E-state index contributed by atoms with van der Waals surface area (Å²) >= 11 is 1.78. The van der Waals surface area contributed by atoms with Crippen molar-refractivity contribution in [1.29, 1.82) is 0 Å².